The Labute approximate surface area is 132 Å². The molecule has 0 unspecified atom stereocenters. The molecule has 2 fully saturated rings. The van der Waals surface area contributed by atoms with Crippen LogP contribution in [0, 0.1) is 0 Å². The molecule has 0 saturated carbocycles. The average Bonchev–Trinajstić information content (AvgIpc) is 3.06. The molecule has 0 atom stereocenters. The number of carbonyl (C=O) groups excluding carboxylic acids is 1. The topological polar surface area (TPSA) is 35.9 Å². The van der Waals surface area contributed by atoms with Gasteiger partial charge in [-0.2, -0.15) is 0 Å². The normalized spacial score (nSPS) is 21.8. The second-order valence-corrected chi connectivity index (χ2v) is 6.96. The lowest BCUT2D eigenvalue weighted by Crippen LogP contribution is -2.47. The molecule has 2 aliphatic rings. The first kappa shape index (κ1) is 16.6. The van der Waals surface area contributed by atoms with Crippen molar-refractivity contribution in [2.24, 2.45) is 4.99 Å². The van der Waals surface area contributed by atoms with Crippen LogP contribution in [0.5, 0.6) is 0 Å². The highest BCUT2D eigenvalue weighted by Crippen LogP contribution is 2.24. The Morgan fingerprint density at radius 1 is 1.24 bits per heavy atom. The third-order valence-electron chi connectivity index (χ3n) is 4.43. The molecular formula is C16H27N3OS. The number of piperidine rings is 1. The fraction of sp³-hybridized carbons (Fsp3) is 0.750. The van der Waals surface area contributed by atoms with E-state index in [-0.39, 0.29) is 5.91 Å². The SMILES string of the molecule is C=C(CC)SC(=NC)C(=O)N1CCC(N2CCCC2)CC1. The Balaban J connectivity index is 1.85. The summed E-state index contributed by atoms with van der Waals surface area (Å²) in [5.41, 5.74) is 0. The molecule has 2 saturated heterocycles. The van der Waals surface area contributed by atoms with Crippen molar-refractivity contribution in [3.8, 4) is 0 Å². The summed E-state index contributed by atoms with van der Waals surface area (Å²) < 4.78 is 0. The van der Waals surface area contributed by atoms with Crippen LogP contribution in [0.25, 0.3) is 0 Å². The number of hydrogen-bond donors (Lipinski definition) is 0. The van der Waals surface area contributed by atoms with Crippen LogP contribution in [0.2, 0.25) is 0 Å². The van der Waals surface area contributed by atoms with Crippen LogP contribution in [0.3, 0.4) is 0 Å². The number of nitrogens with zero attached hydrogens (tertiary/aromatic N) is 3. The van der Waals surface area contributed by atoms with Crippen LogP contribution in [-0.4, -0.2) is 60.0 Å². The van der Waals surface area contributed by atoms with Gasteiger partial charge in [-0.25, -0.2) is 0 Å². The lowest BCUT2D eigenvalue weighted by Gasteiger charge is -2.36. The van der Waals surface area contributed by atoms with Gasteiger partial charge in [0, 0.05) is 26.2 Å². The van der Waals surface area contributed by atoms with Gasteiger partial charge >= 0.3 is 0 Å². The smallest absolute Gasteiger partial charge is 0.278 e. The minimum atomic E-state index is 0.0805. The zero-order valence-corrected chi connectivity index (χ0v) is 14.1. The minimum Gasteiger partial charge on any atom is -0.337 e. The zero-order chi connectivity index (χ0) is 15.2. The number of likely N-dealkylation sites (tertiary alicyclic amines) is 2. The van der Waals surface area contributed by atoms with E-state index in [9.17, 15) is 4.79 Å². The van der Waals surface area contributed by atoms with E-state index < -0.39 is 0 Å². The van der Waals surface area contributed by atoms with Gasteiger partial charge in [0.05, 0.1) is 0 Å². The second kappa shape index (κ2) is 7.99. The first-order chi connectivity index (χ1) is 10.2. The van der Waals surface area contributed by atoms with E-state index in [4.69, 9.17) is 0 Å². The van der Waals surface area contributed by atoms with Gasteiger partial charge < -0.3 is 9.80 Å². The summed E-state index contributed by atoms with van der Waals surface area (Å²) >= 11 is 1.43. The minimum absolute atomic E-state index is 0.0805. The summed E-state index contributed by atoms with van der Waals surface area (Å²) in [7, 11) is 1.69. The van der Waals surface area contributed by atoms with Gasteiger partial charge in [-0.15, -0.1) is 0 Å². The number of thioether (sulfide) groups is 1. The van der Waals surface area contributed by atoms with Crippen molar-refractivity contribution in [3.05, 3.63) is 11.5 Å². The van der Waals surface area contributed by atoms with Gasteiger partial charge in [-0.1, -0.05) is 25.3 Å². The molecule has 0 aromatic rings. The molecule has 0 aromatic heterocycles. The van der Waals surface area contributed by atoms with Gasteiger partial charge in [-0.3, -0.25) is 9.79 Å². The van der Waals surface area contributed by atoms with E-state index in [1.165, 1.54) is 37.7 Å². The fourth-order valence-corrected chi connectivity index (χ4v) is 3.80. The molecule has 2 heterocycles. The maximum absolute atomic E-state index is 12.5. The number of rotatable bonds is 3. The highest BCUT2D eigenvalue weighted by Gasteiger charge is 2.29. The standard InChI is InChI=1S/C16H27N3OS/c1-4-13(2)21-15(17-3)16(20)19-11-7-14(8-12-19)18-9-5-6-10-18/h14H,2,4-12H2,1,3H3. The zero-order valence-electron chi connectivity index (χ0n) is 13.3. The molecule has 0 spiro atoms. The molecule has 21 heavy (non-hydrogen) atoms. The van der Waals surface area contributed by atoms with Gasteiger partial charge in [0.25, 0.3) is 5.91 Å². The molecule has 0 aliphatic carbocycles. The van der Waals surface area contributed by atoms with Gasteiger partial charge in [0.1, 0.15) is 0 Å². The first-order valence-electron chi connectivity index (χ1n) is 8.01. The van der Waals surface area contributed by atoms with Crippen LogP contribution in [0.4, 0.5) is 0 Å². The van der Waals surface area contributed by atoms with E-state index in [1.54, 1.807) is 7.05 Å². The number of allylic oxidation sites excluding steroid dienone is 1. The largest absolute Gasteiger partial charge is 0.337 e. The van der Waals surface area contributed by atoms with Gasteiger partial charge in [0.15, 0.2) is 5.04 Å². The summed E-state index contributed by atoms with van der Waals surface area (Å²) in [4.78, 5) is 22.3. The summed E-state index contributed by atoms with van der Waals surface area (Å²) in [6, 6.07) is 0.678. The quantitative estimate of drug-likeness (QED) is 0.594. The Morgan fingerprint density at radius 2 is 1.86 bits per heavy atom. The second-order valence-electron chi connectivity index (χ2n) is 5.79. The highest BCUT2D eigenvalue weighted by molar-refractivity contribution is 8.18. The maximum atomic E-state index is 12.5. The predicted molar refractivity (Wildman–Crippen MR) is 90.8 cm³/mol. The van der Waals surface area contributed by atoms with Gasteiger partial charge in [-0.05, 0) is 50.1 Å². The molecule has 0 aromatic carbocycles. The molecule has 5 heteroatoms. The Morgan fingerprint density at radius 3 is 2.38 bits per heavy atom. The van der Waals surface area contributed by atoms with Crippen LogP contribution >= 0.6 is 11.8 Å². The van der Waals surface area contributed by atoms with Crippen LogP contribution in [-0.2, 0) is 4.79 Å². The van der Waals surface area contributed by atoms with Crippen molar-refractivity contribution >= 4 is 22.7 Å². The lowest BCUT2D eigenvalue weighted by atomic mass is 10.0. The van der Waals surface area contributed by atoms with E-state index in [2.05, 4.69) is 23.4 Å². The molecule has 0 N–H and O–H groups in total. The van der Waals surface area contributed by atoms with Crippen molar-refractivity contribution in [1.82, 2.24) is 9.80 Å². The summed E-state index contributed by atoms with van der Waals surface area (Å²) in [5.74, 6) is 0.0805. The molecule has 2 rings (SSSR count). The van der Waals surface area contributed by atoms with Crippen molar-refractivity contribution in [3.63, 3.8) is 0 Å². The number of amides is 1. The van der Waals surface area contributed by atoms with Crippen molar-refractivity contribution < 1.29 is 4.79 Å². The monoisotopic (exact) mass is 309 g/mol. The Bertz CT molecular complexity index is 408. The predicted octanol–water partition coefficient (Wildman–Crippen LogP) is 2.76. The molecule has 4 nitrogen and oxygen atoms in total. The summed E-state index contributed by atoms with van der Waals surface area (Å²) in [5, 5.41) is 0.585. The first-order valence-corrected chi connectivity index (χ1v) is 8.83. The van der Waals surface area contributed by atoms with E-state index in [0.29, 0.717) is 11.1 Å². The average molecular weight is 309 g/mol. The number of aliphatic imine (C=N–C) groups is 1. The molecule has 0 bridgehead atoms. The van der Waals surface area contributed by atoms with Crippen molar-refractivity contribution in [2.75, 3.05) is 33.2 Å². The fourth-order valence-electron chi connectivity index (χ4n) is 3.07. The van der Waals surface area contributed by atoms with E-state index in [1.807, 2.05) is 4.90 Å². The molecule has 118 valence electrons. The van der Waals surface area contributed by atoms with E-state index in [0.717, 1.165) is 37.3 Å². The molecule has 1 amide bonds. The molecule has 0 radical (unpaired) electrons. The summed E-state index contributed by atoms with van der Waals surface area (Å²) in [6.45, 7) is 10.2. The summed E-state index contributed by atoms with van der Waals surface area (Å²) in [6.07, 6.45) is 5.74. The van der Waals surface area contributed by atoms with Crippen molar-refractivity contribution in [2.45, 2.75) is 45.1 Å². The van der Waals surface area contributed by atoms with Crippen LogP contribution in [0.15, 0.2) is 16.5 Å². The maximum Gasteiger partial charge on any atom is 0.278 e. The number of hydrogen-bond acceptors (Lipinski definition) is 4. The molecular weight excluding hydrogens is 282 g/mol. The number of carbonyl (C=O) groups is 1. The van der Waals surface area contributed by atoms with Crippen molar-refractivity contribution in [1.29, 1.82) is 0 Å². The lowest BCUT2D eigenvalue weighted by molar-refractivity contribution is -0.125. The van der Waals surface area contributed by atoms with Crippen LogP contribution in [0.1, 0.15) is 39.0 Å². The molecule has 2 aliphatic heterocycles. The Kier molecular flexibility index (Phi) is 6.30. The van der Waals surface area contributed by atoms with Gasteiger partial charge in [0.2, 0.25) is 0 Å². The third-order valence-corrected chi connectivity index (χ3v) is 5.56. The van der Waals surface area contributed by atoms with Crippen LogP contribution < -0.4 is 0 Å². The Hall–Kier alpha value is -0.810. The highest BCUT2D eigenvalue weighted by atomic mass is 32.2. The van der Waals surface area contributed by atoms with E-state index >= 15 is 0 Å². The third kappa shape index (κ3) is 4.33.